The maximum Gasteiger partial charge on any atom is 0.269 e. The third kappa shape index (κ3) is 4.24. The second-order valence-corrected chi connectivity index (χ2v) is 9.06. The topological polar surface area (TPSA) is 145 Å². The number of hydrogen-bond acceptors (Lipinski definition) is 8. The van der Waals surface area contributed by atoms with Gasteiger partial charge in [0.05, 0.1) is 20.9 Å². The summed E-state index contributed by atoms with van der Waals surface area (Å²) in [6.45, 7) is 0. The highest BCUT2D eigenvalue weighted by molar-refractivity contribution is 7.98. The lowest BCUT2D eigenvalue weighted by Gasteiger charge is -2.23. The Balaban J connectivity index is 1.76. The number of nitrogens with one attached hydrogen (secondary N) is 1. The van der Waals surface area contributed by atoms with E-state index < -0.39 is 9.85 Å². The molecule has 0 saturated heterocycles. The van der Waals surface area contributed by atoms with E-state index in [-0.39, 0.29) is 16.9 Å². The summed E-state index contributed by atoms with van der Waals surface area (Å²) in [5.74, 6) is 0. The summed E-state index contributed by atoms with van der Waals surface area (Å²) in [4.78, 5) is 46.6. The van der Waals surface area contributed by atoms with Crippen molar-refractivity contribution in [1.29, 1.82) is 0 Å². The van der Waals surface area contributed by atoms with Crippen LogP contribution >= 0.6 is 11.8 Å². The van der Waals surface area contributed by atoms with E-state index in [4.69, 9.17) is 4.98 Å². The normalized spacial score (nSPS) is 14.1. The average molecular weight is 502 g/mol. The average Bonchev–Trinajstić information content (AvgIpc) is 2.88. The third-order valence-corrected chi connectivity index (χ3v) is 6.70. The third-order valence-electron chi connectivity index (χ3n) is 6.12. The van der Waals surface area contributed by atoms with Gasteiger partial charge in [-0.25, -0.2) is 9.97 Å². The van der Waals surface area contributed by atoms with Gasteiger partial charge in [0.15, 0.2) is 10.8 Å². The van der Waals surface area contributed by atoms with Crippen LogP contribution in [0.2, 0.25) is 0 Å². The number of benzene rings is 2. The largest absolute Gasteiger partial charge is 0.301 e. The van der Waals surface area contributed by atoms with Gasteiger partial charge in [-0.1, -0.05) is 11.8 Å². The molecule has 0 amide bonds. The van der Waals surface area contributed by atoms with Crippen LogP contribution in [0.5, 0.6) is 0 Å². The van der Waals surface area contributed by atoms with E-state index in [1.54, 1.807) is 30.5 Å². The number of aromatic amines is 1. The van der Waals surface area contributed by atoms with Crippen molar-refractivity contribution in [1.82, 2.24) is 15.0 Å². The maximum atomic E-state index is 13.1. The highest BCUT2D eigenvalue weighted by Gasteiger charge is 2.25. The van der Waals surface area contributed by atoms with Gasteiger partial charge in [-0.2, -0.15) is 0 Å². The molecule has 0 radical (unpaired) electrons. The van der Waals surface area contributed by atoms with E-state index >= 15 is 0 Å². The molecule has 0 atom stereocenters. The van der Waals surface area contributed by atoms with E-state index in [0.717, 1.165) is 29.5 Å². The monoisotopic (exact) mass is 501 g/mol. The Labute approximate surface area is 208 Å². The van der Waals surface area contributed by atoms with E-state index in [1.807, 2.05) is 6.08 Å². The van der Waals surface area contributed by atoms with E-state index in [2.05, 4.69) is 9.97 Å². The summed E-state index contributed by atoms with van der Waals surface area (Å²) in [7, 11) is 0. The molecule has 4 aromatic rings. The Morgan fingerprint density at radius 1 is 0.944 bits per heavy atom. The smallest absolute Gasteiger partial charge is 0.269 e. The lowest BCUT2D eigenvalue weighted by Crippen LogP contribution is -2.16. The molecule has 1 aliphatic carbocycles. The number of nitro benzene ring substituents is 2. The van der Waals surface area contributed by atoms with Crippen LogP contribution in [0.3, 0.4) is 0 Å². The molecule has 0 unspecified atom stereocenters. The van der Waals surface area contributed by atoms with Crippen molar-refractivity contribution in [2.75, 3.05) is 6.26 Å². The number of allylic oxidation sites excluding steroid dienone is 1. The van der Waals surface area contributed by atoms with E-state index in [1.165, 1.54) is 36.0 Å². The summed E-state index contributed by atoms with van der Waals surface area (Å²) >= 11 is 1.30. The minimum absolute atomic E-state index is 0.0128. The van der Waals surface area contributed by atoms with Crippen LogP contribution in [0.1, 0.15) is 29.7 Å². The van der Waals surface area contributed by atoms with Gasteiger partial charge in [-0.05, 0) is 78.1 Å². The zero-order valence-corrected chi connectivity index (χ0v) is 19.9. The first kappa shape index (κ1) is 23.4. The van der Waals surface area contributed by atoms with Crippen LogP contribution in [0.4, 0.5) is 11.4 Å². The second kappa shape index (κ2) is 9.34. The summed E-state index contributed by atoms with van der Waals surface area (Å²) in [5, 5.41) is 23.0. The van der Waals surface area contributed by atoms with Crippen molar-refractivity contribution < 1.29 is 9.85 Å². The van der Waals surface area contributed by atoms with Crippen LogP contribution in [-0.2, 0) is 6.42 Å². The Kier molecular flexibility index (Phi) is 6.06. The van der Waals surface area contributed by atoms with E-state index in [9.17, 15) is 25.0 Å². The minimum Gasteiger partial charge on any atom is -0.301 e. The van der Waals surface area contributed by atoms with Gasteiger partial charge >= 0.3 is 0 Å². The summed E-state index contributed by atoms with van der Waals surface area (Å²) in [5.41, 5.74) is 4.61. The number of non-ortho nitro benzene ring substituents is 2. The zero-order chi connectivity index (χ0) is 25.4. The quantitative estimate of drug-likeness (QED) is 0.166. The molecule has 180 valence electrons. The molecule has 1 N–H and O–H groups in total. The minimum atomic E-state index is -0.464. The van der Waals surface area contributed by atoms with Crippen LogP contribution in [0, 0.1) is 20.2 Å². The molecule has 0 spiro atoms. The molecular formula is C25H19N5O5S. The molecule has 2 heterocycles. The molecule has 36 heavy (non-hydrogen) atoms. The van der Waals surface area contributed by atoms with Crippen LogP contribution in [0.15, 0.2) is 58.5 Å². The Morgan fingerprint density at radius 2 is 1.58 bits per heavy atom. The lowest BCUT2D eigenvalue weighted by molar-refractivity contribution is -0.385. The molecule has 2 aromatic heterocycles. The molecule has 5 rings (SSSR count). The molecule has 2 aromatic carbocycles. The van der Waals surface area contributed by atoms with Crippen molar-refractivity contribution in [2.45, 2.75) is 24.4 Å². The van der Waals surface area contributed by atoms with Gasteiger partial charge in [0.1, 0.15) is 0 Å². The van der Waals surface area contributed by atoms with Gasteiger partial charge in [0.2, 0.25) is 0 Å². The van der Waals surface area contributed by atoms with Crippen molar-refractivity contribution in [2.24, 2.45) is 0 Å². The fraction of sp³-hybridized carbons (Fsp3) is 0.160. The van der Waals surface area contributed by atoms with Gasteiger partial charge in [0.25, 0.3) is 16.9 Å². The number of nitrogens with zero attached hydrogens (tertiary/aromatic N) is 4. The van der Waals surface area contributed by atoms with Gasteiger partial charge in [-0.3, -0.25) is 25.0 Å². The van der Waals surface area contributed by atoms with Crippen molar-refractivity contribution in [3.8, 4) is 11.1 Å². The van der Waals surface area contributed by atoms with Crippen LogP contribution < -0.4 is 5.56 Å². The van der Waals surface area contributed by atoms with Crippen molar-refractivity contribution >= 4 is 45.8 Å². The molecule has 11 heteroatoms. The van der Waals surface area contributed by atoms with E-state index in [0.29, 0.717) is 39.4 Å². The number of fused-ring (bicyclic) bond motifs is 2. The summed E-state index contributed by atoms with van der Waals surface area (Å²) < 4.78 is 0. The fourth-order valence-electron chi connectivity index (χ4n) is 4.47. The number of hydrogen-bond donors (Lipinski definition) is 1. The molecule has 0 saturated carbocycles. The Hall–Kier alpha value is -4.38. The molecular weight excluding hydrogens is 482 g/mol. The number of aromatic nitrogens is 3. The zero-order valence-electron chi connectivity index (χ0n) is 19.1. The first-order valence-electron chi connectivity index (χ1n) is 11.1. The maximum absolute atomic E-state index is 13.1. The predicted octanol–water partition coefficient (Wildman–Crippen LogP) is 5.40. The van der Waals surface area contributed by atoms with Crippen molar-refractivity contribution in [3.05, 3.63) is 95.9 Å². The second-order valence-electron chi connectivity index (χ2n) is 8.26. The lowest BCUT2D eigenvalue weighted by atomic mass is 9.84. The molecule has 0 aliphatic heterocycles. The fourth-order valence-corrected chi connectivity index (χ4v) is 4.84. The Morgan fingerprint density at radius 3 is 2.19 bits per heavy atom. The molecule has 0 bridgehead atoms. The Bertz CT molecular complexity index is 1610. The van der Waals surface area contributed by atoms with Crippen molar-refractivity contribution in [3.63, 3.8) is 0 Å². The summed E-state index contributed by atoms with van der Waals surface area (Å²) in [6, 6.07) is 12.4. The van der Waals surface area contributed by atoms with Gasteiger partial charge in [0, 0.05) is 29.8 Å². The number of rotatable bonds is 5. The number of thioether (sulfide) groups is 1. The molecule has 10 nitrogen and oxygen atoms in total. The highest BCUT2D eigenvalue weighted by atomic mass is 32.2. The van der Waals surface area contributed by atoms with Crippen LogP contribution in [-0.4, -0.2) is 31.1 Å². The first-order valence-corrected chi connectivity index (χ1v) is 12.3. The SMILES string of the molecule is CSc1nc2nc3c(c(-c4ccc([N+](=O)[O-])cc4)c2c(=O)[nH]1)CCC/C3=C\c1ccc([N+](=O)[O-])cc1. The number of pyridine rings is 1. The number of H-pyrrole nitrogens is 1. The standard InChI is InChI=1S/C25H19N5O5S/c1-36-25-27-23-21(24(31)28-25)20(15-7-11-18(12-8-15)30(34)35)19-4-2-3-16(22(19)26-23)13-14-5-9-17(10-6-14)29(32)33/h5-13H,2-4H2,1H3,(H,26,27,28,31)/b16-13+. The number of nitro groups is 2. The molecule has 0 fully saturated rings. The predicted molar refractivity (Wildman–Crippen MR) is 138 cm³/mol. The molecule has 1 aliphatic rings. The van der Waals surface area contributed by atoms with Gasteiger partial charge < -0.3 is 4.98 Å². The highest BCUT2D eigenvalue weighted by Crippen LogP contribution is 2.40. The van der Waals surface area contributed by atoms with Crippen LogP contribution in [0.25, 0.3) is 33.8 Å². The first-order chi connectivity index (χ1) is 17.4. The van der Waals surface area contributed by atoms with Gasteiger partial charge in [-0.15, -0.1) is 0 Å². The summed E-state index contributed by atoms with van der Waals surface area (Å²) in [6.07, 6.45) is 5.97.